The van der Waals surface area contributed by atoms with E-state index in [4.69, 9.17) is 5.73 Å². The number of nitrogens with one attached hydrogen (secondary N) is 1. The second kappa shape index (κ2) is 5.49. The Labute approximate surface area is 104 Å². The van der Waals surface area contributed by atoms with E-state index in [0.29, 0.717) is 17.9 Å². The molecule has 94 valence electrons. The summed E-state index contributed by atoms with van der Waals surface area (Å²) < 4.78 is 25.7. The number of hydrogen-bond donors (Lipinski definition) is 2. The zero-order chi connectivity index (χ0) is 13.0. The molecule has 0 amide bonds. The summed E-state index contributed by atoms with van der Waals surface area (Å²) in [5.74, 6) is 0. The Morgan fingerprint density at radius 2 is 1.78 bits per heavy atom. The van der Waals surface area contributed by atoms with Crippen LogP contribution in [0.5, 0.6) is 0 Å². The van der Waals surface area contributed by atoms with Crippen LogP contribution < -0.4 is 11.1 Å². The molecular weight excluding hydrogens is 234 g/mol. The molecule has 0 unspecified atom stereocenters. The van der Waals surface area contributed by atoms with Crippen molar-refractivity contribution in [3.63, 3.8) is 0 Å². The molecule has 0 saturated heterocycles. The number of halogens is 2. The summed E-state index contributed by atoms with van der Waals surface area (Å²) in [6.07, 6.45) is -2.54. The molecule has 0 aliphatic heterocycles. The lowest BCUT2D eigenvalue weighted by atomic mass is 10.1. The number of rotatable bonds is 4. The van der Waals surface area contributed by atoms with Crippen molar-refractivity contribution in [2.45, 2.75) is 13.0 Å². The fourth-order valence-corrected chi connectivity index (χ4v) is 1.72. The number of benzene rings is 2. The molecule has 0 spiro atoms. The van der Waals surface area contributed by atoms with E-state index in [1.807, 2.05) is 30.3 Å². The normalized spacial score (nSPS) is 10.6. The van der Waals surface area contributed by atoms with Crippen molar-refractivity contribution in [1.29, 1.82) is 0 Å². The predicted molar refractivity (Wildman–Crippen MR) is 69.6 cm³/mol. The van der Waals surface area contributed by atoms with Crippen LogP contribution in [-0.4, -0.2) is 0 Å². The third-order valence-corrected chi connectivity index (χ3v) is 2.64. The second-order valence-electron chi connectivity index (χ2n) is 3.99. The molecule has 0 heterocycles. The van der Waals surface area contributed by atoms with Crippen LogP contribution in [0.4, 0.5) is 20.2 Å². The Morgan fingerprint density at radius 1 is 1.06 bits per heavy atom. The fraction of sp³-hybridized carbons (Fsp3) is 0.143. The number of anilines is 2. The van der Waals surface area contributed by atoms with Gasteiger partial charge in [0.05, 0.1) is 0 Å². The Kier molecular flexibility index (Phi) is 3.77. The van der Waals surface area contributed by atoms with E-state index in [0.717, 1.165) is 5.56 Å². The number of nitrogen functional groups attached to an aromatic ring is 1. The van der Waals surface area contributed by atoms with Crippen LogP contribution in [0.25, 0.3) is 0 Å². The minimum absolute atomic E-state index is 0.0640. The van der Waals surface area contributed by atoms with E-state index in [1.165, 1.54) is 6.07 Å². The zero-order valence-electron chi connectivity index (χ0n) is 9.74. The molecule has 3 N–H and O–H groups in total. The lowest BCUT2D eigenvalue weighted by Crippen LogP contribution is -2.03. The van der Waals surface area contributed by atoms with Crippen LogP contribution in [-0.2, 0) is 6.54 Å². The Hall–Kier alpha value is -2.10. The molecule has 0 aliphatic rings. The average molecular weight is 248 g/mol. The number of nitrogens with two attached hydrogens (primary N) is 1. The van der Waals surface area contributed by atoms with Crippen molar-refractivity contribution < 1.29 is 8.78 Å². The van der Waals surface area contributed by atoms with Crippen LogP contribution in [0, 0.1) is 0 Å². The van der Waals surface area contributed by atoms with Gasteiger partial charge in [0, 0.05) is 23.5 Å². The van der Waals surface area contributed by atoms with Gasteiger partial charge in [-0.25, -0.2) is 8.78 Å². The van der Waals surface area contributed by atoms with Crippen molar-refractivity contribution in [3.8, 4) is 0 Å². The Balaban J connectivity index is 2.14. The molecule has 0 aliphatic carbocycles. The SMILES string of the molecule is Nc1ccc(NCc2ccccc2)c(C(F)F)c1. The summed E-state index contributed by atoms with van der Waals surface area (Å²) in [6, 6.07) is 14.1. The van der Waals surface area contributed by atoms with Crippen LogP contribution in [0.3, 0.4) is 0 Å². The monoisotopic (exact) mass is 248 g/mol. The van der Waals surface area contributed by atoms with Gasteiger partial charge in [0.1, 0.15) is 0 Å². The van der Waals surface area contributed by atoms with Gasteiger partial charge in [-0.3, -0.25) is 0 Å². The molecule has 18 heavy (non-hydrogen) atoms. The van der Waals surface area contributed by atoms with Gasteiger partial charge < -0.3 is 11.1 Å². The smallest absolute Gasteiger partial charge is 0.265 e. The zero-order valence-corrected chi connectivity index (χ0v) is 9.74. The molecule has 2 aromatic rings. The molecule has 0 atom stereocenters. The highest BCUT2D eigenvalue weighted by molar-refractivity contribution is 5.58. The first-order valence-corrected chi connectivity index (χ1v) is 5.62. The van der Waals surface area contributed by atoms with Gasteiger partial charge in [0.25, 0.3) is 6.43 Å². The van der Waals surface area contributed by atoms with Gasteiger partial charge in [0.15, 0.2) is 0 Å². The third kappa shape index (κ3) is 2.97. The molecule has 0 aromatic heterocycles. The summed E-state index contributed by atoms with van der Waals surface area (Å²) in [7, 11) is 0. The first-order chi connectivity index (χ1) is 8.66. The van der Waals surface area contributed by atoms with Crippen LogP contribution in [0.1, 0.15) is 17.6 Å². The van der Waals surface area contributed by atoms with Crippen molar-refractivity contribution in [2.24, 2.45) is 0 Å². The standard InChI is InChI=1S/C14H14F2N2/c15-14(16)12-8-11(17)6-7-13(12)18-9-10-4-2-1-3-5-10/h1-8,14,18H,9,17H2. The highest BCUT2D eigenvalue weighted by atomic mass is 19.3. The van der Waals surface area contributed by atoms with Crippen molar-refractivity contribution in [3.05, 3.63) is 59.7 Å². The molecule has 0 radical (unpaired) electrons. The van der Waals surface area contributed by atoms with Crippen LogP contribution >= 0.6 is 0 Å². The summed E-state index contributed by atoms with van der Waals surface area (Å²) >= 11 is 0. The van der Waals surface area contributed by atoms with Crippen LogP contribution in [0.15, 0.2) is 48.5 Å². The van der Waals surface area contributed by atoms with Gasteiger partial charge in [0.2, 0.25) is 0 Å². The quantitative estimate of drug-likeness (QED) is 0.807. The minimum Gasteiger partial charge on any atom is -0.399 e. The highest BCUT2D eigenvalue weighted by Crippen LogP contribution is 2.29. The maximum Gasteiger partial charge on any atom is 0.265 e. The van der Waals surface area contributed by atoms with Crippen molar-refractivity contribution in [2.75, 3.05) is 11.1 Å². The maximum absolute atomic E-state index is 12.8. The van der Waals surface area contributed by atoms with Crippen molar-refractivity contribution >= 4 is 11.4 Å². The Morgan fingerprint density at radius 3 is 2.44 bits per heavy atom. The topological polar surface area (TPSA) is 38.0 Å². The van der Waals surface area contributed by atoms with Crippen LogP contribution in [0.2, 0.25) is 0 Å². The Bertz CT molecular complexity index is 512. The molecule has 2 nitrogen and oxygen atoms in total. The lowest BCUT2D eigenvalue weighted by molar-refractivity contribution is 0.152. The van der Waals surface area contributed by atoms with Gasteiger partial charge in [-0.05, 0) is 23.8 Å². The van der Waals surface area contributed by atoms with Gasteiger partial charge in [-0.2, -0.15) is 0 Å². The van der Waals surface area contributed by atoms with Gasteiger partial charge >= 0.3 is 0 Å². The summed E-state index contributed by atoms with van der Waals surface area (Å²) in [5.41, 5.74) is 7.25. The van der Waals surface area contributed by atoms with E-state index in [2.05, 4.69) is 5.32 Å². The number of alkyl halides is 2. The maximum atomic E-state index is 12.8. The first-order valence-electron chi connectivity index (χ1n) is 5.62. The summed E-state index contributed by atoms with van der Waals surface area (Å²) in [6.45, 7) is 0.504. The lowest BCUT2D eigenvalue weighted by Gasteiger charge is -2.12. The fourth-order valence-electron chi connectivity index (χ4n) is 1.72. The first kappa shape index (κ1) is 12.4. The number of hydrogen-bond acceptors (Lipinski definition) is 2. The summed E-state index contributed by atoms with van der Waals surface area (Å²) in [5, 5.41) is 3.00. The summed E-state index contributed by atoms with van der Waals surface area (Å²) in [4.78, 5) is 0. The van der Waals surface area contributed by atoms with E-state index < -0.39 is 6.43 Å². The molecular formula is C14H14F2N2. The largest absolute Gasteiger partial charge is 0.399 e. The molecule has 0 bridgehead atoms. The van der Waals surface area contributed by atoms with E-state index in [1.54, 1.807) is 12.1 Å². The van der Waals surface area contributed by atoms with E-state index >= 15 is 0 Å². The molecule has 0 fully saturated rings. The highest BCUT2D eigenvalue weighted by Gasteiger charge is 2.12. The second-order valence-corrected chi connectivity index (χ2v) is 3.99. The van der Waals surface area contributed by atoms with E-state index in [-0.39, 0.29) is 5.56 Å². The molecule has 2 aromatic carbocycles. The minimum atomic E-state index is -2.54. The van der Waals surface area contributed by atoms with Gasteiger partial charge in [-0.1, -0.05) is 30.3 Å². The van der Waals surface area contributed by atoms with Crippen molar-refractivity contribution in [1.82, 2.24) is 0 Å². The van der Waals surface area contributed by atoms with E-state index in [9.17, 15) is 8.78 Å². The molecule has 2 rings (SSSR count). The molecule has 4 heteroatoms. The molecule has 0 saturated carbocycles. The predicted octanol–water partition coefficient (Wildman–Crippen LogP) is 3.82. The average Bonchev–Trinajstić information content (AvgIpc) is 2.38. The van der Waals surface area contributed by atoms with Gasteiger partial charge in [-0.15, -0.1) is 0 Å². The third-order valence-electron chi connectivity index (χ3n) is 2.64.